The average molecular weight is 500 g/mol. The Labute approximate surface area is 203 Å². The summed E-state index contributed by atoms with van der Waals surface area (Å²) in [4.78, 5) is 25.0. The highest BCUT2D eigenvalue weighted by molar-refractivity contribution is 7.80. The molecule has 3 aromatic carbocycles. The molecule has 0 aliphatic rings. The van der Waals surface area contributed by atoms with Crippen molar-refractivity contribution in [1.82, 2.24) is 16.2 Å². The summed E-state index contributed by atoms with van der Waals surface area (Å²) in [6.07, 6.45) is 0. The second kappa shape index (κ2) is 10.0. The van der Waals surface area contributed by atoms with Gasteiger partial charge < -0.3 is 9.47 Å². The number of carbonyl (C=O) groups excluding carboxylic acids is 2. The van der Waals surface area contributed by atoms with E-state index < -0.39 is 11.8 Å². The van der Waals surface area contributed by atoms with E-state index in [1.165, 1.54) is 11.3 Å². The van der Waals surface area contributed by atoms with Crippen molar-refractivity contribution in [1.29, 1.82) is 0 Å². The number of carbonyl (C=O) groups is 2. The number of thiocarbonyl (C=S) groups is 1. The normalized spacial score (nSPS) is 10.6. The number of fused-ring (bicyclic) bond motifs is 2. The number of benzene rings is 3. The summed E-state index contributed by atoms with van der Waals surface area (Å²) in [5, 5.41) is 5.57. The van der Waals surface area contributed by atoms with Crippen LogP contribution in [0.15, 0.2) is 60.7 Å². The van der Waals surface area contributed by atoms with Crippen LogP contribution in [-0.2, 0) is 4.79 Å². The molecule has 0 aliphatic carbocycles. The van der Waals surface area contributed by atoms with Gasteiger partial charge in [0.2, 0.25) is 0 Å². The Morgan fingerprint density at radius 3 is 2.55 bits per heavy atom. The molecule has 0 radical (unpaired) electrons. The number of rotatable bonds is 5. The molecule has 2 amide bonds. The lowest BCUT2D eigenvalue weighted by Crippen LogP contribution is -2.49. The predicted octanol–water partition coefficient (Wildman–Crippen LogP) is 4.43. The van der Waals surface area contributed by atoms with Crippen molar-refractivity contribution in [2.24, 2.45) is 0 Å². The van der Waals surface area contributed by atoms with Crippen molar-refractivity contribution < 1.29 is 19.1 Å². The van der Waals surface area contributed by atoms with E-state index in [0.29, 0.717) is 21.4 Å². The first-order chi connectivity index (χ1) is 15.9. The molecule has 0 saturated carbocycles. The van der Waals surface area contributed by atoms with Gasteiger partial charge in [-0.25, -0.2) is 0 Å². The lowest BCUT2D eigenvalue weighted by atomic mass is 10.1. The largest absolute Gasteiger partial charge is 0.497 e. The zero-order valence-corrected chi connectivity index (χ0v) is 19.7. The molecule has 33 heavy (non-hydrogen) atoms. The number of thiophene rings is 1. The van der Waals surface area contributed by atoms with Crippen molar-refractivity contribution >= 4 is 72.9 Å². The Morgan fingerprint density at radius 1 is 1.00 bits per heavy atom. The number of hydrogen-bond donors (Lipinski definition) is 3. The SMILES string of the molecule is COc1ccc2c(Cl)c(C(=O)NC(=S)NNC(=O)COc3ccc4ccccc4c3)sc2c1. The van der Waals surface area contributed by atoms with E-state index in [-0.39, 0.29) is 11.7 Å². The number of hydrogen-bond acceptors (Lipinski definition) is 6. The fourth-order valence-corrected chi connectivity index (χ4v) is 4.66. The quantitative estimate of drug-likeness (QED) is 0.278. The molecule has 0 saturated heterocycles. The van der Waals surface area contributed by atoms with Crippen LogP contribution < -0.4 is 25.6 Å². The number of hydrazine groups is 1. The number of ether oxygens (including phenoxy) is 2. The summed E-state index contributed by atoms with van der Waals surface area (Å²) in [6.45, 7) is -0.230. The van der Waals surface area contributed by atoms with E-state index in [4.69, 9.17) is 33.3 Å². The Hall–Kier alpha value is -3.40. The standard InChI is InChI=1S/C23H18ClN3O4S2/c1-30-15-8-9-17-18(11-15)33-21(20(17)24)22(29)25-23(32)27-26-19(28)12-31-16-7-6-13-4-2-3-5-14(13)10-16/h2-11H,12H2,1H3,(H,26,28)(H2,25,27,29,32). The second-order valence-corrected chi connectivity index (χ2v) is 8.70. The Bertz CT molecular complexity index is 1370. The van der Waals surface area contributed by atoms with Crippen molar-refractivity contribution in [3.05, 3.63) is 70.6 Å². The van der Waals surface area contributed by atoms with Crippen LogP contribution in [0, 0.1) is 0 Å². The molecule has 10 heteroatoms. The molecular weight excluding hydrogens is 482 g/mol. The minimum Gasteiger partial charge on any atom is -0.497 e. The summed E-state index contributed by atoms with van der Waals surface area (Å²) in [6, 6.07) is 18.8. The van der Waals surface area contributed by atoms with Gasteiger partial charge in [0.25, 0.3) is 11.8 Å². The zero-order valence-electron chi connectivity index (χ0n) is 17.3. The molecule has 0 fully saturated rings. The maximum atomic E-state index is 12.6. The van der Waals surface area contributed by atoms with Crippen molar-refractivity contribution in [2.75, 3.05) is 13.7 Å². The van der Waals surface area contributed by atoms with Gasteiger partial charge in [0, 0.05) is 10.1 Å². The molecule has 1 heterocycles. The molecule has 7 nitrogen and oxygen atoms in total. The topological polar surface area (TPSA) is 88.7 Å². The first-order valence-electron chi connectivity index (χ1n) is 9.72. The van der Waals surface area contributed by atoms with E-state index in [1.807, 2.05) is 36.4 Å². The van der Waals surface area contributed by atoms with E-state index >= 15 is 0 Å². The summed E-state index contributed by atoms with van der Waals surface area (Å²) >= 11 is 12.7. The van der Waals surface area contributed by atoms with Crippen molar-refractivity contribution in [3.63, 3.8) is 0 Å². The minimum atomic E-state index is -0.487. The molecular formula is C23H18ClN3O4S2. The second-order valence-electron chi connectivity index (χ2n) is 6.86. The minimum absolute atomic E-state index is 0.0786. The number of nitrogens with one attached hydrogen (secondary N) is 3. The molecule has 4 rings (SSSR count). The third-order valence-corrected chi connectivity index (χ3v) is 6.54. The van der Waals surface area contributed by atoms with Crippen LogP contribution in [0.4, 0.5) is 0 Å². The maximum absolute atomic E-state index is 12.6. The number of methoxy groups -OCH3 is 1. The summed E-state index contributed by atoms with van der Waals surface area (Å²) in [5.74, 6) is 0.278. The lowest BCUT2D eigenvalue weighted by molar-refractivity contribution is -0.123. The number of amides is 2. The van der Waals surface area contributed by atoms with Crippen molar-refractivity contribution in [2.45, 2.75) is 0 Å². The molecule has 3 N–H and O–H groups in total. The smallest absolute Gasteiger partial charge is 0.276 e. The van der Waals surface area contributed by atoms with Gasteiger partial charge in [-0.1, -0.05) is 41.9 Å². The molecule has 0 aliphatic heterocycles. The van der Waals surface area contributed by atoms with Gasteiger partial charge in [0.15, 0.2) is 11.7 Å². The molecule has 0 unspecified atom stereocenters. The fraction of sp³-hybridized carbons (Fsp3) is 0.0870. The van der Waals surface area contributed by atoms with Gasteiger partial charge in [-0.3, -0.25) is 25.8 Å². The molecule has 0 spiro atoms. The molecule has 1 aromatic heterocycles. The highest BCUT2D eigenvalue weighted by Crippen LogP contribution is 2.37. The van der Waals surface area contributed by atoms with Crippen LogP contribution in [0.25, 0.3) is 20.9 Å². The van der Waals surface area contributed by atoms with E-state index in [2.05, 4.69) is 16.2 Å². The van der Waals surface area contributed by atoms with Gasteiger partial charge in [-0.05, 0) is 53.3 Å². The van der Waals surface area contributed by atoms with Gasteiger partial charge in [-0.15, -0.1) is 11.3 Å². The van der Waals surface area contributed by atoms with Crippen LogP contribution >= 0.6 is 35.2 Å². The van der Waals surface area contributed by atoms with Crippen LogP contribution in [0.3, 0.4) is 0 Å². The molecule has 4 aromatic rings. The third kappa shape index (κ3) is 5.33. The van der Waals surface area contributed by atoms with Crippen LogP contribution in [0.2, 0.25) is 5.02 Å². The summed E-state index contributed by atoms with van der Waals surface area (Å²) in [5.41, 5.74) is 4.87. The molecule has 168 valence electrons. The van der Waals surface area contributed by atoms with E-state index in [9.17, 15) is 9.59 Å². The molecule has 0 atom stereocenters. The first kappa shape index (κ1) is 22.8. The van der Waals surface area contributed by atoms with Crippen LogP contribution in [0.5, 0.6) is 11.5 Å². The van der Waals surface area contributed by atoms with Crippen LogP contribution in [0.1, 0.15) is 9.67 Å². The van der Waals surface area contributed by atoms with Gasteiger partial charge in [0.1, 0.15) is 16.4 Å². The average Bonchev–Trinajstić information content (AvgIpc) is 3.17. The van der Waals surface area contributed by atoms with Gasteiger partial charge in [0.05, 0.1) is 12.1 Å². The summed E-state index contributed by atoms with van der Waals surface area (Å²) < 4.78 is 11.5. The van der Waals surface area contributed by atoms with Crippen molar-refractivity contribution in [3.8, 4) is 11.5 Å². The van der Waals surface area contributed by atoms with E-state index in [0.717, 1.165) is 20.9 Å². The monoisotopic (exact) mass is 499 g/mol. The van der Waals surface area contributed by atoms with Crippen LogP contribution in [-0.4, -0.2) is 30.6 Å². The highest BCUT2D eigenvalue weighted by atomic mass is 35.5. The Balaban J connectivity index is 1.28. The summed E-state index contributed by atoms with van der Waals surface area (Å²) in [7, 11) is 1.56. The highest BCUT2D eigenvalue weighted by Gasteiger charge is 2.18. The Kier molecular flexibility index (Phi) is 6.93. The predicted molar refractivity (Wildman–Crippen MR) is 134 cm³/mol. The third-order valence-electron chi connectivity index (χ3n) is 4.68. The van der Waals surface area contributed by atoms with Gasteiger partial charge >= 0.3 is 0 Å². The lowest BCUT2D eigenvalue weighted by Gasteiger charge is -2.11. The maximum Gasteiger partial charge on any atom is 0.276 e. The fourth-order valence-electron chi connectivity index (χ4n) is 3.08. The molecule has 0 bridgehead atoms. The Morgan fingerprint density at radius 2 is 1.76 bits per heavy atom. The van der Waals surface area contributed by atoms with Gasteiger partial charge in [-0.2, -0.15) is 0 Å². The zero-order chi connectivity index (χ0) is 23.4. The number of halogens is 1. The first-order valence-corrected chi connectivity index (χ1v) is 11.3. The van der Waals surface area contributed by atoms with E-state index in [1.54, 1.807) is 31.4 Å².